The number of carbonyl (C=O) groups is 1. The maximum Gasteiger partial charge on any atom is 0.308 e. The van der Waals surface area contributed by atoms with Crippen LogP contribution in [-0.4, -0.2) is 75.4 Å². The van der Waals surface area contributed by atoms with Gasteiger partial charge < -0.3 is 24.2 Å². The zero-order chi connectivity index (χ0) is 24.7. The normalized spacial score (nSPS) is 17.4. The number of hydrogen-bond acceptors (Lipinski definition) is 9. The van der Waals surface area contributed by atoms with Crippen molar-refractivity contribution in [3.05, 3.63) is 53.6 Å². The minimum Gasteiger partial charge on any atom is -0.484 e. The molecule has 4 rings (SSSR count). The fourth-order valence-corrected chi connectivity index (χ4v) is 3.94. The van der Waals surface area contributed by atoms with Crippen LogP contribution in [0.25, 0.3) is 0 Å². The molecule has 2 aromatic rings. The van der Waals surface area contributed by atoms with E-state index in [1.807, 2.05) is 32.2 Å². The summed E-state index contributed by atoms with van der Waals surface area (Å²) >= 11 is 0. The summed E-state index contributed by atoms with van der Waals surface area (Å²) in [5.74, 6) is 1.76. The lowest BCUT2D eigenvalue weighted by atomic mass is 10.0. The summed E-state index contributed by atoms with van der Waals surface area (Å²) in [6.07, 6.45) is 0.476. The summed E-state index contributed by atoms with van der Waals surface area (Å²) in [7, 11) is -0.801. The minimum absolute atomic E-state index is 0.0684. The van der Waals surface area contributed by atoms with Gasteiger partial charge in [-0.3, -0.25) is 9.69 Å². The second-order valence-corrected chi connectivity index (χ2v) is 8.64. The number of likely N-dealkylation sites (N-methyl/N-ethyl adjacent to an activating group) is 1. The molecule has 2 aliphatic heterocycles. The van der Waals surface area contributed by atoms with Crippen molar-refractivity contribution in [2.24, 2.45) is 0 Å². The lowest BCUT2D eigenvalue weighted by molar-refractivity contribution is -0.134. The molecular weight excluding hydrogens is 462 g/mol. The molecule has 1 unspecified atom stereocenters. The van der Waals surface area contributed by atoms with Crippen molar-refractivity contribution >= 4 is 16.4 Å². The predicted molar refractivity (Wildman–Crippen MR) is 123 cm³/mol. The molecule has 2 aliphatic rings. The number of fused-ring (bicyclic) bond motifs is 1. The molecule has 34 heavy (non-hydrogen) atoms. The highest BCUT2D eigenvalue weighted by Crippen LogP contribution is 2.35. The van der Waals surface area contributed by atoms with Gasteiger partial charge in [-0.1, -0.05) is 29.8 Å². The average molecular weight is 492 g/mol. The van der Waals surface area contributed by atoms with Gasteiger partial charge in [-0.2, -0.15) is 13.2 Å². The smallest absolute Gasteiger partial charge is 0.308 e. The van der Waals surface area contributed by atoms with Gasteiger partial charge in [0.25, 0.3) is 5.91 Å². The van der Waals surface area contributed by atoms with Gasteiger partial charge in [0.15, 0.2) is 18.1 Å². The van der Waals surface area contributed by atoms with Crippen LogP contribution in [0.5, 0.6) is 17.2 Å². The van der Waals surface area contributed by atoms with Crippen molar-refractivity contribution < 1.29 is 32.5 Å². The van der Waals surface area contributed by atoms with Crippen LogP contribution in [0, 0.1) is 11.7 Å². The second-order valence-electron chi connectivity index (χ2n) is 8.18. The third-order valence-corrected chi connectivity index (χ3v) is 5.67. The Balaban J connectivity index is 0.000000751. The summed E-state index contributed by atoms with van der Waals surface area (Å²) in [6, 6.07) is 13.4. The number of ether oxygens (including phenoxy) is 3. The summed E-state index contributed by atoms with van der Waals surface area (Å²) < 4.78 is 39.2. The van der Waals surface area contributed by atoms with E-state index in [1.165, 1.54) is 0 Å². The largest absolute Gasteiger partial charge is 0.484 e. The van der Waals surface area contributed by atoms with Gasteiger partial charge in [0, 0.05) is 32.7 Å². The van der Waals surface area contributed by atoms with Gasteiger partial charge in [0.1, 0.15) is 5.75 Å². The van der Waals surface area contributed by atoms with Crippen LogP contribution in [0.1, 0.15) is 23.6 Å². The molecule has 2 atom stereocenters. The summed E-state index contributed by atoms with van der Waals surface area (Å²) in [5.41, 5.74) is 2.23. The molecule has 0 aliphatic carbocycles. The number of amides is 1. The van der Waals surface area contributed by atoms with Crippen LogP contribution in [0.3, 0.4) is 0 Å². The van der Waals surface area contributed by atoms with Crippen molar-refractivity contribution in [3.63, 3.8) is 0 Å². The van der Waals surface area contributed by atoms with Gasteiger partial charge >= 0.3 is 10.5 Å². The third kappa shape index (κ3) is 7.17. The van der Waals surface area contributed by atoms with Gasteiger partial charge in [0.2, 0.25) is 6.79 Å². The molecule has 2 aromatic carbocycles. The predicted octanol–water partition coefficient (Wildman–Crippen LogP) is 2.00. The van der Waals surface area contributed by atoms with Gasteiger partial charge in [-0.25, -0.2) is 0 Å². The first kappa shape index (κ1) is 25.5. The van der Waals surface area contributed by atoms with Crippen LogP contribution < -0.4 is 14.2 Å². The van der Waals surface area contributed by atoms with Crippen LogP contribution >= 0.6 is 0 Å². The zero-order valence-corrected chi connectivity index (χ0v) is 20.0. The molecule has 1 saturated heterocycles. The first-order valence-corrected chi connectivity index (χ1v) is 11.9. The zero-order valence-electron chi connectivity index (χ0n) is 19.1. The van der Waals surface area contributed by atoms with Crippen molar-refractivity contribution in [2.75, 3.05) is 40.1 Å². The quantitative estimate of drug-likeness (QED) is 0.602. The Morgan fingerprint density at radius 2 is 2.00 bits per heavy atom. The van der Waals surface area contributed by atoms with Gasteiger partial charge in [0.05, 0.1) is 12.1 Å². The molecule has 0 saturated carbocycles. The number of β-amino-alcohol motifs (C(OH)–C–C–N with tert-alkyl or cyclic N) is 1. The van der Waals surface area contributed by atoms with Crippen LogP contribution in [0.4, 0.5) is 0 Å². The molecule has 11 heteroatoms. The molecule has 184 valence electrons. The number of benzene rings is 2. The number of rotatable bonds is 7. The number of nitrogens with zero attached hydrogens (tertiary/aromatic N) is 2. The average Bonchev–Trinajstić information content (AvgIpc) is 3.43. The Morgan fingerprint density at radius 3 is 2.68 bits per heavy atom. The molecule has 0 radical (unpaired) electrons. The monoisotopic (exact) mass is 491 g/mol. The van der Waals surface area contributed by atoms with Gasteiger partial charge in [-0.05, 0) is 31.0 Å². The second kappa shape index (κ2) is 11.8. The van der Waals surface area contributed by atoms with E-state index in [-0.39, 0.29) is 31.5 Å². The van der Waals surface area contributed by atoms with E-state index in [9.17, 15) is 9.90 Å². The van der Waals surface area contributed by atoms with Crippen LogP contribution in [0.2, 0.25) is 0 Å². The van der Waals surface area contributed by atoms with Crippen LogP contribution in [0.15, 0.2) is 42.5 Å². The van der Waals surface area contributed by atoms with E-state index in [0.29, 0.717) is 30.3 Å². The Kier molecular flexibility index (Phi) is 8.85. The molecule has 1 amide bonds. The third-order valence-electron chi connectivity index (χ3n) is 5.67. The molecule has 2 heterocycles. The Labute approximate surface area is 200 Å². The number of nitrogens with one attached hydrogen (secondary N) is 1. The van der Waals surface area contributed by atoms with E-state index < -0.39 is 10.5 Å². The van der Waals surface area contributed by atoms with E-state index in [4.69, 9.17) is 27.4 Å². The Hall–Kier alpha value is -3.15. The highest BCUT2D eigenvalue weighted by Gasteiger charge is 2.28. The first-order valence-electron chi connectivity index (χ1n) is 10.8. The summed E-state index contributed by atoms with van der Waals surface area (Å²) in [5, 5.41) is 9.89. The fraction of sp³-hybridized carbons (Fsp3) is 0.435. The number of aliphatic hydroxyl groups excluding tert-OH is 1. The number of aryl methyl sites for hydroxylation is 1. The van der Waals surface area contributed by atoms with Crippen LogP contribution in [-0.2, 0) is 15.3 Å². The molecule has 0 bridgehead atoms. The molecular formula is C23H29N3O7S. The SMILES string of the molecule is Cc1cccc(C(CN2CC[C@H](O)C2)N(C)C(=O)COc2ccc3c(c2)OCO3)c1.N=S(=O)=O. The highest BCUT2D eigenvalue weighted by molar-refractivity contribution is 7.60. The number of likely N-dealkylation sites (tertiary alicyclic amines) is 1. The topological polar surface area (TPSA) is 129 Å². The lowest BCUT2D eigenvalue weighted by Gasteiger charge is -2.32. The number of hydrogen-bond donors (Lipinski definition) is 2. The Bertz CT molecular complexity index is 1100. The summed E-state index contributed by atoms with van der Waals surface area (Å²) in [4.78, 5) is 16.9. The highest BCUT2D eigenvalue weighted by atomic mass is 32.2. The summed E-state index contributed by atoms with van der Waals surface area (Å²) in [6.45, 7) is 4.32. The molecule has 1 fully saturated rings. The fourth-order valence-electron chi connectivity index (χ4n) is 3.94. The van der Waals surface area contributed by atoms with Gasteiger partial charge in [-0.15, -0.1) is 0 Å². The van der Waals surface area contributed by atoms with E-state index in [2.05, 4.69) is 11.0 Å². The maximum absolute atomic E-state index is 13.0. The Morgan fingerprint density at radius 1 is 1.26 bits per heavy atom. The first-order chi connectivity index (χ1) is 16.2. The van der Waals surface area contributed by atoms with E-state index >= 15 is 0 Å². The molecule has 10 nitrogen and oxygen atoms in total. The standard InChI is InChI=1S/C23H28N2O5.HNO2S/c1-16-4-3-5-17(10-16)20(13-25-9-8-18(26)12-25)24(2)23(27)14-28-19-6-7-21-22(11-19)30-15-29-21;1-4(2)3/h3-7,10-11,18,20,26H,8-9,12-15H2,1-2H3;1H/t18-,20?;/m0./s1. The van der Waals surface area contributed by atoms with Crippen molar-refractivity contribution in [1.82, 2.24) is 9.80 Å². The van der Waals surface area contributed by atoms with E-state index in [0.717, 1.165) is 24.1 Å². The van der Waals surface area contributed by atoms with E-state index in [1.54, 1.807) is 23.1 Å². The number of aliphatic hydroxyl groups is 1. The minimum atomic E-state index is -2.61. The maximum atomic E-state index is 13.0. The lowest BCUT2D eigenvalue weighted by Crippen LogP contribution is -2.41. The van der Waals surface area contributed by atoms with Crippen molar-refractivity contribution in [2.45, 2.75) is 25.5 Å². The van der Waals surface area contributed by atoms with Crippen molar-refractivity contribution in [1.29, 1.82) is 4.78 Å². The molecule has 0 aromatic heterocycles. The molecule has 0 spiro atoms. The molecule has 2 N–H and O–H groups in total. The number of carbonyl (C=O) groups excluding carboxylic acids is 1. The van der Waals surface area contributed by atoms with Crippen molar-refractivity contribution in [3.8, 4) is 17.2 Å².